The molecule has 0 saturated carbocycles. The van der Waals surface area contributed by atoms with Crippen molar-refractivity contribution >= 4 is 28.8 Å². The number of amides is 1. The van der Waals surface area contributed by atoms with Crippen LogP contribution in [0.15, 0.2) is 30.5 Å². The third-order valence-electron chi connectivity index (χ3n) is 4.39. The summed E-state index contributed by atoms with van der Waals surface area (Å²) in [6.07, 6.45) is 1.68. The summed E-state index contributed by atoms with van der Waals surface area (Å²) in [5.41, 5.74) is 3.09. The van der Waals surface area contributed by atoms with E-state index in [1.807, 2.05) is 25.9 Å². The van der Waals surface area contributed by atoms with E-state index >= 15 is 0 Å². The highest BCUT2D eigenvalue weighted by Gasteiger charge is 2.25. The summed E-state index contributed by atoms with van der Waals surface area (Å²) in [7, 11) is 4.04. The quantitative estimate of drug-likeness (QED) is 0.851. The van der Waals surface area contributed by atoms with E-state index in [0.29, 0.717) is 18.9 Å². The van der Waals surface area contributed by atoms with E-state index in [1.54, 1.807) is 6.20 Å². The number of nitrogens with zero attached hydrogens (tertiary/aromatic N) is 4. The molecule has 3 rings (SSSR count). The van der Waals surface area contributed by atoms with Gasteiger partial charge in [0.1, 0.15) is 4.99 Å². The van der Waals surface area contributed by atoms with Gasteiger partial charge < -0.3 is 19.7 Å². The fourth-order valence-corrected chi connectivity index (χ4v) is 3.19. The number of rotatable bonds is 3. The van der Waals surface area contributed by atoms with Crippen molar-refractivity contribution in [3.05, 3.63) is 47.5 Å². The van der Waals surface area contributed by atoms with Gasteiger partial charge in [0.25, 0.3) is 5.91 Å². The number of piperazine rings is 1. The molecule has 0 aliphatic carbocycles. The molecule has 1 fully saturated rings. The Balaban J connectivity index is 1.59. The molecular formula is C18H23N5OS. The normalized spacial score (nSPS) is 14.5. The van der Waals surface area contributed by atoms with Crippen molar-refractivity contribution in [1.82, 2.24) is 19.8 Å². The van der Waals surface area contributed by atoms with Crippen LogP contribution in [0.5, 0.6) is 0 Å². The maximum Gasteiger partial charge on any atom is 0.289 e. The Morgan fingerprint density at radius 2 is 1.72 bits per heavy atom. The van der Waals surface area contributed by atoms with E-state index in [4.69, 9.17) is 12.2 Å². The highest BCUT2D eigenvalue weighted by Crippen LogP contribution is 2.16. The Kier molecular flexibility index (Phi) is 5.03. The van der Waals surface area contributed by atoms with Crippen molar-refractivity contribution in [2.24, 2.45) is 0 Å². The van der Waals surface area contributed by atoms with Gasteiger partial charge in [0.15, 0.2) is 5.82 Å². The molecule has 1 aliphatic rings. The molecular weight excluding hydrogens is 334 g/mol. The van der Waals surface area contributed by atoms with Crippen LogP contribution in [0.1, 0.15) is 21.9 Å². The monoisotopic (exact) mass is 357 g/mol. The molecule has 1 N–H and O–H groups in total. The van der Waals surface area contributed by atoms with Crippen molar-refractivity contribution in [2.75, 3.05) is 45.2 Å². The number of aryl methyl sites for hydroxylation is 1. The smallest absolute Gasteiger partial charge is 0.289 e. The average Bonchev–Trinajstić information content (AvgIpc) is 3.07. The molecule has 132 valence electrons. The van der Waals surface area contributed by atoms with E-state index in [2.05, 4.69) is 44.0 Å². The van der Waals surface area contributed by atoms with Gasteiger partial charge in [-0.1, -0.05) is 12.2 Å². The summed E-state index contributed by atoms with van der Waals surface area (Å²) in [6, 6.07) is 8.25. The molecule has 2 aromatic rings. The Morgan fingerprint density at radius 3 is 2.24 bits per heavy atom. The molecule has 1 amide bonds. The summed E-state index contributed by atoms with van der Waals surface area (Å²) in [5.74, 6) is 0.363. The van der Waals surface area contributed by atoms with Crippen LogP contribution in [0.2, 0.25) is 0 Å². The molecule has 2 heterocycles. The third kappa shape index (κ3) is 3.82. The average molecular weight is 357 g/mol. The number of hydrogen-bond acceptors (Lipinski definition) is 4. The predicted octanol–water partition coefficient (Wildman–Crippen LogP) is 1.92. The first-order valence-electron chi connectivity index (χ1n) is 8.33. The van der Waals surface area contributed by atoms with Crippen molar-refractivity contribution in [2.45, 2.75) is 6.92 Å². The van der Waals surface area contributed by atoms with Crippen LogP contribution < -0.4 is 4.90 Å². The molecule has 7 heteroatoms. The van der Waals surface area contributed by atoms with Crippen LogP contribution in [0, 0.1) is 6.92 Å². The lowest BCUT2D eigenvalue weighted by Gasteiger charge is -2.36. The first-order chi connectivity index (χ1) is 12.0. The Hall–Kier alpha value is -2.41. The van der Waals surface area contributed by atoms with E-state index in [0.717, 1.165) is 35.0 Å². The number of aromatic amines is 1. The second kappa shape index (κ2) is 7.23. The zero-order chi connectivity index (χ0) is 18.0. The Bertz CT molecular complexity index is 760. The number of benzene rings is 1. The standard InChI is InChI=1S/C18H23N5OS/c1-13-12-19-16(20-13)17(24)22-8-10-23(11-9-22)18(25)14-4-6-15(7-5-14)21(2)3/h4-7,12H,8-11H2,1-3H3,(H,19,20). The Labute approximate surface area is 153 Å². The molecule has 0 spiro atoms. The van der Waals surface area contributed by atoms with Crippen molar-refractivity contribution in [3.8, 4) is 0 Å². The topological polar surface area (TPSA) is 55.5 Å². The molecule has 0 unspecified atom stereocenters. The van der Waals surface area contributed by atoms with Crippen LogP contribution >= 0.6 is 12.2 Å². The van der Waals surface area contributed by atoms with E-state index < -0.39 is 0 Å². The number of carbonyl (C=O) groups excluding carboxylic acids is 1. The van der Waals surface area contributed by atoms with Gasteiger partial charge in [-0.15, -0.1) is 0 Å². The van der Waals surface area contributed by atoms with Gasteiger partial charge in [0.2, 0.25) is 0 Å². The van der Waals surface area contributed by atoms with Crippen LogP contribution in [0.4, 0.5) is 5.69 Å². The number of aromatic nitrogens is 2. The summed E-state index contributed by atoms with van der Waals surface area (Å²) in [4.78, 5) is 26.5. The minimum Gasteiger partial charge on any atom is -0.378 e. The maximum atomic E-state index is 12.4. The second-order valence-corrected chi connectivity index (χ2v) is 6.83. The molecule has 0 atom stereocenters. The van der Waals surface area contributed by atoms with Crippen molar-refractivity contribution in [1.29, 1.82) is 0 Å². The molecule has 25 heavy (non-hydrogen) atoms. The summed E-state index contributed by atoms with van der Waals surface area (Å²) >= 11 is 5.64. The molecule has 0 bridgehead atoms. The number of nitrogens with one attached hydrogen (secondary N) is 1. The number of hydrogen-bond donors (Lipinski definition) is 1. The lowest BCUT2D eigenvalue weighted by molar-refractivity contribution is 0.0682. The highest BCUT2D eigenvalue weighted by atomic mass is 32.1. The van der Waals surface area contributed by atoms with E-state index in [9.17, 15) is 4.79 Å². The number of thiocarbonyl (C=S) groups is 1. The summed E-state index contributed by atoms with van der Waals surface area (Å²) < 4.78 is 0. The van der Waals surface area contributed by atoms with Gasteiger partial charge in [-0.25, -0.2) is 4.98 Å². The zero-order valence-corrected chi connectivity index (χ0v) is 15.6. The van der Waals surface area contributed by atoms with Crippen LogP contribution in [0.25, 0.3) is 0 Å². The first kappa shape index (κ1) is 17.4. The number of H-pyrrole nitrogens is 1. The fraction of sp³-hybridized carbons (Fsp3) is 0.389. The summed E-state index contributed by atoms with van der Waals surface area (Å²) in [5, 5.41) is 0. The molecule has 1 aliphatic heterocycles. The van der Waals surface area contributed by atoms with Gasteiger partial charge in [-0.2, -0.15) is 0 Å². The molecule has 0 radical (unpaired) electrons. The summed E-state index contributed by atoms with van der Waals surface area (Å²) in [6.45, 7) is 4.66. The number of imidazole rings is 1. The maximum absolute atomic E-state index is 12.4. The first-order valence-corrected chi connectivity index (χ1v) is 8.74. The van der Waals surface area contributed by atoms with Crippen molar-refractivity contribution < 1.29 is 4.79 Å². The molecule has 1 aromatic carbocycles. The SMILES string of the molecule is Cc1cnc(C(=O)N2CCN(C(=S)c3ccc(N(C)C)cc3)CC2)[nH]1. The highest BCUT2D eigenvalue weighted by molar-refractivity contribution is 7.80. The van der Waals surface area contributed by atoms with Crippen LogP contribution in [-0.2, 0) is 0 Å². The van der Waals surface area contributed by atoms with Crippen molar-refractivity contribution in [3.63, 3.8) is 0 Å². The molecule has 1 aromatic heterocycles. The lowest BCUT2D eigenvalue weighted by Crippen LogP contribution is -2.50. The second-order valence-electron chi connectivity index (χ2n) is 6.44. The van der Waals surface area contributed by atoms with Crippen LogP contribution in [0.3, 0.4) is 0 Å². The zero-order valence-electron chi connectivity index (χ0n) is 14.8. The minimum absolute atomic E-state index is 0.0472. The third-order valence-corrected chi connectivity index (χ3v) is 4.88. The fourth-order valence-electron chi connectivity index (χ4n) is 2.87. The van der Waals surface area contributed by atoms with E-state index in [1.165, 1.54) is 0 Å². The van der Waals surface area contributed by atoms with E-state index in [-0.39, 0.29) is 5.91 Å². The van der Waals surface area contributed by atoms with Crippen LogP contribution in [-0.4, -0.2) is 70.9 Å². The van der Waals surface area contributed by atoms with Gasteiger partial charge >= 0.3 is 0 Å². The minimum atomic E-state index is -0.0472. The Morgan fingerprint density at radius 1 is 1.12 bits per heavy atom. The van der Waals surface area contributed by atoms with Gasteiger partial charge in [-0.05, 0) is 31.2 Å². The molecule has 1 saturated heterocycles. The predicted molar refractivity (Wildman–Crippen MR) is 103 cm³/mol. The van der Waals surface area contributed by atoms with Gasteiger partial charge in [0.05, 0.1) is 0 Å². The number of anilines is 1. The molecule has 6 nitrogen and oxygen atoms in total. The van der Waals surface area contributed by atoms with Gasteiger partial charge in [0, 0.05) is 63.4 Å². The largest absolute Gasteiger partial charge is 0.378 e. The van der Waals surface area contributed by atoms with Gasteiger partial charge in [-0.3, -0.25) is 4.79 Å². The lowest BCUT2D eigenvalue weighted by atomic mass is 10.1. The number of carbonyl (C=O) groups is 1.